The van der Waals surface area contributed by atoms with Crippen LogP contribution >= 0.6 is 0 Å². The Morgan fingerprint density at radius 3 is 1.94 bits per heavy atom. The second kappa shape index (κ2) is 6.89. The van der Waals surface area contributed by atoms with Crippen LogP contribution in [0, 0.1) is 5.92 Å². The second-order valence-corrected chi connectivity index (χ2v) is 19.0. The summed E-state index contributed by atoms with van der Waals surface area (Å²) in [5, 5.41) is 0. The molecule has 0 N–H and O–H groups in total. The van der Waals surface area contributed by atoms with Gasteiger partial charge in [-0.2, -0.15) is 0 Å². The first kappa shape index (κ1) is 17.9. The Morgan fingerprint density at radius 1 is 1.11 bits per heavy atom. The fourth-order valence-electron chi connectivity index (χ4n) is 2.24. The molecule has 0 aromatic rings. The summed E-state index contributed by atoms with van der Waals surface area (Å²) in [6.45, 7) is 16.6. The molecule has 0 spiro atoms. The van der Waals surface area contributed by atoms with Gasteiger partial charge in [0.2, 0.25) is 0 Å². The van der Waals surface area contributed by atoms with E-state index in [0.717, 1.165) is 12.0 Å². The van der Waals surface area contributed by atoms with Gasteiger partial charge in [-0.3, -0.25) is 4.79 Å². The lowest BCUT2D eigenvalue weighted by atomic mass is 10.0. The van der Waals surface area contributed by atoms with E-state index in [2.05, 4.69) is 39.3 Å². The van der Waals surface area contributed by atoms with Gasteiger partial charge in [0, 0.05) is 16.1 Å². The maximum Gasteiger partial charge on any atom is 0.308 e. The molecule has 0 aliphatic rings. The third-order valence-corrected chi connectivity index (χ3v) is 8.47. The Balaban J connectivity index is 4.57. The first-order valence-corrected chi connectivity index (χ1v) is 14.3. The van der Waals surface area contributed by atoms with Gasteiger partial charge in [-0.25, -0.2) is 0 Å². The number of ether oxygens (including phenoxy) is 1. The highest BCUT2D eigenvalue weighted by molar-refractivity contribution is 6.78. The van der Waals surface area contributed by atoms with Crippen molar-refractivity contribution in [2.24, 2.45) is 5.92 Å². The third kappa shape index (κ3) is 7.36. The van der Waals surface area contributed by atoms with Crippen LogP contribution in [0.3, 0.4) is 0 Å². The van der Waals surface area contributed by atoms with Crippen LogP contribution in [0.1, 0.15) is 19.8 Å². The quantitative estimate of drug-likeness (QED) is 0.504. The molecule has 0 saturated heterocycles. The SMILES string of the molecule is COC(=O)C(C)CC(CC[Si](C)(C)C)[Si](C)(C)C. The molecule has 0 rings (SSSR count). The number of carbonyl (C=O) groups excluding carboxylic acids is 1. The van der Waals surface area contributed by atoms with E-state index < -0.39 is 16.1 Å². The summed E-state index contributed by atoms with van der Waals surface area (Å²) in [5.74, 6) is -0.000358. The van der Waals surface area contributed by atoms with E-state index in [0.29, 0.717) is 0 Å². The van der Waals surface area contributed by atoms with Crippen LogP contribution < -0.4 is 0 Å². The van der Waals surface area contributed by atoms with Crippen molar-refractivity contribution in [2.45, 2.75) is 70.6 Å². The van der Waals surface area contributed by atoms with Crippen LogP contribution in [-0.4, -0.2) is 29.2 Å². The second-order valence-electron chi connectivity index (χ2n) is 7.82. The molecule has 2 unspecified atom stereocenters. The number of methoxy groups -OCH3 is 1. The Morgan fingerprint density at radius 2 is 1.61 bits per heavy atom. The lowest BCUT2D eigenvalue weighted by Gasteiger charge is -2.32. The summed E-state index contributed by atoms with van der Waals surface area (Å²) in [5.41, 5.74) is 0.735. The third-order valence-electron chi connectivity index (χ3n) is 3.71. The summed E-state index contributed by atoms with van der Waals surface area (Å²) in [6.07, 6.45) is 2.31. The molecule has 18 heavy (non-hydrogen) atoms. The molecule has 0 aliphatic heterocycles. The van der Waals surface area contributed by atoms with Crippen LogP contribution in [0.5, 0.6) is 0 Å². The van der Waals surface area contributed by atoms with Crippen molar-refractivity contribution in [3.8, 4) is 0 Å². The predicted octanol–water partition coefficient (Wildman–Crippen LogP) is 4.62. The van der Waals surface area contributed by atoms with Gasteiger partial charge in [-0.05, 0) is 12.0 Å². The smallest absolute Gasteiger partial charge is 0.308 e. The zero-order chi connectivity index (χ0) is 14.6. The van der Waals surface area contributed by atoms with Crippen molar-refractivity contribution in [1.29, 1.82) is 0 Å². The highest BCUT2D eigenvalue weighted by atomic mass is 28.3. The highest BCUT2D eigenvalue weighted by Gasteiger charge is 2.31. The molecule has 4 heteroatoms. The van der Waals surface area contributed by atoms with E-state index in [1.165, 1.54) is 19.6 Å². The largest absolute Gasteiger partial charge is 0.469 e. The molecule has 2 nitrogen and oxygen atoms in total. The lowest BCUT2D eigenvalue weighted by molar-refractivity contribution is -0.145. The van der Waals surface area contributed by atoms with Crippen LogP contribution in [0.25, 0.3) is 0 Å². The maximum atomic E-state index is 11.6. The molecule has 0 radical (unpaired) electrons. The van der Waals surface area contributed by atoms with Crippen LogP contribution in [-0.2, 0) is 9.53 Å². The van der Waals surface area contributed by atoms with Crippen LogP contribution in [0.15, 0.2) is 0 Å². The predicted molar refractivity (Wildman–Crippen MR) is 85.7 cm³/mol. The molecule has 0 heterocycles. The zero-order valence-corrected chi connectivity index (χ0v) is 15.6. The molecule has 0 fully saturated rings. The fraction of sp³-hybridized carbons (Fsp3) is 0.929. The molecule has 0 aliphatic carbocycles. The van der Waals surface area contributed by atoms with Crippen molar-refractivity contribution >= 4 is 22.1 Å². The Kier molecular flexibility index (Phi) is 6.86. The summed E-state index contributed by atoms with van der Waals surface area (Å²) >= 11 is 0. The molecule has 108 valence electrons. The summed E-state index contributed by atoms with van der Waals surface area (Å²) in [4.78, 5) is 11.6. The van der Waals surface area contributed by atoms with Crippen molar-refractivity contribution in [2.75, 3.05) is 7.11 Å². The number of carbonyl (C=O) groups is 1. The van der Waals surface area contributed by atoms with E-state index in [9.17, 15) is 4.79 Å². The average Bonchev–Trinajstić information content (AvgIpc) is 2.19. The molecular weight excluding hydrogens is 256 g/mol. The Bertz CT molecular complexity index is 264. The van der Waals surface area contributed by atoms with Gasteiger partial charge >= 0.3 is 5.97 Å². The maximum absolute atomic E-state index is 11.6. The van der Waals surface area contributed by atoms with E-state index >= 15 is 0 Å². The van der Waals surface area contributed by atoms with Crippen molar-refractivity contribution < 1.29 is 9.53 Å². The van der Waals surface area contributed by atoms with E-state index in [1.54, 1.807) is 0 Å². The van der Waals surface area contributed by atoms with Crippen molar-refractivity contribution in [1.82, 2.24) is 0 Å². The van der Waals surface area contributed by atoms with Gasteiger partial charge in [0.15, 0.2) is 0 Å². The Hall–Kier alpha value is -0.0962. The zero-order valence-electron chi connectivity index (χ0n) is 13.6. The lowest BCUT2D eigenvalue weighted by Crippen LogP contribution is -2.32. The molecule has 0 amide bonds. The normalized spacial score (nSPS) is 16.2. The number of hydrogen-bond acceptors (Lipinski definition) is 2. The molecule has 0 aromatic carbocycles. The van der Waals surface area contributed by atoms with Gasteiger partial charge in [0.05, 0.1) is 13.0 Å². The monoisotopic (exact) mass is 288 g/mol. The minimum atomic E-state index is -1.19. The van der Waals surface area contributed by atoms with E-state index in [4.69, 9.17) is 4.74 Å². The van der Waals surface area contributed by atoms with Crippen molar-refractivity contribution in [3.05, 3.63) is 0 Å². The van der Waals surface area contributed by atoms with Gasteiger partial charge in [0.1, 0.15) is 0 Å². The first-order valence-electron chi connectivity index (χ1n) is 7.05. The minimum Gasteiger partial charge on any atom is -0.469 e. The number of esters is 1. The van der Waals surface area contributed by atoms with Gasteiger partial charge in [-0.1, -0.05) is 58.7 Å². The minimum absolute atomic E-state index is 0.0494. The first-order chi connectivity index (χ1) is 7.97. The number of hydrogen-bond donors (Lipinski definition) is 0. The van der Waals surface area contributed by atoms with Gasteiger partial charge in [-0.15, -0.1) is 0 Å². The molecule has 0 aromatic heterocycles. The number of rotatable bonds is 7. The van der Waals surface area contributed by atoms with E-state index in [1.807, 2.05) is 6.92 Å². The van der Waals surface area contributed by atoms with Crippen LogP contribution in [0.2, 0.25) is 50.9 Å². The molecule has 2 atom stereocenters. The topological polar surface area (TPSA) is 26.3 Å². The van der Waals surface area contributed by atoms with E-state index in [-0.39, 0.29) is 11.9 Å². The fourth-order valence-corrected chi connectivity index (χ4v) is 5.81. The highest BCUT2D eigenvalue weighted by Crippen LogP contribution is 2.35. The molecule has 0 bridgehead atoms. The van der Waals surface area contributed by atoms with Gasteiger partial charge in [0.25, 0.3) is 0 Å². The van der Waals surface area contributed by atoms with Gasteiger partial charge < -0.3 is 4.74 Å². The summed E-state index contributed by atoms with van der Waals surface area (Å²) < 4.78 is 4.86. The average molecular weight is 289 g/mol. The standard InChI is InChI=1S/C14H32O2Si2/c1-12(14(15)16-2)11-13(18(6,7)8)9-10-17(3,4)5/h12-13H,9-11H2,1-8H3. The van der Waals surface area contributed by atoms with Crippen molar-refractivity contribution in [3.63, 3.8) is 0 Å². The Labute approximate surface area is 116 Å². The summed E-state index contributed by atoms with van der Waals surface area (Å²) in [7, 11) is -0.682. The summed E-state index contributed by atoms with van der Waals surface area (Å²) in [6, 6.07) is 1.37. The molecular formula is C14H32O2Si2. The van der Waals surface area contributed by atoms with Crippen LogP contribution in [0.4, 0.5) is 0 Å². The molecule has 0 saturated carbocycles.